The first-order valence-corrected chi connectivity index (χ1v) is 41.6. The first kappa shape index (κ1) is 73.0. The average Bonchev–Trinajstić information content (AvgIpc) is 1.51. The molecule has 3 aliphatic rings. The Balaban J connectivity index is 0.000000121. The van der Waals surface area contributed by atoms with Crippen LogP contribution in [0.15, 0.2) is 474 Å². The summed E-state index contributed by atoms with van der Waals surface area (Å²) in [6.07, 6.45) is 0. The maximum atomic E-state index is 3.65. The normalized spacial score (nSPS) is 12.4. The van der Waals surface area contributed by atoms with Crippen molar-refractivity contribution in [3.05, 3.63) is 519 Å². The molecule has 552 valence electrons. The first-order chi connectivity index (χ1) is 57.3. The topological polar surface area (TPSA) is 9.72 Å². The number of hydrogen-bond acceptors (Lipinski definition) is 3. The SMILES string of the molecule is Brc1ccc(-c2ccc(N(c3ccccc3)c3ccccc3)cc2)cc1.Brc1ccc(N(c2ccc(-c3ccccc3)cc2)c2ccc3c(c2)C(c2ccccc2)(c2ccccc2)c2ccccc2-3)cc1.Brc1ccc(N(c2ccc(-c3ccccc3)cc2)c2ccc3c(c2)C2(c4ccccc4-c4ccccc42)c2ccccc2-3)cc1. The lowest BCUT2D eigenvalue weighted by Gasteiger charge is -2.35. The summed E-state index contributed by atoms with van der Waals surface area (Å²) in [6.45, 7) is 0. The van der Waals surface area contributed by atoms with Gasteiger partial charge in [0.05, 0.1) is 10.8 Å². The highest BCUT2D eigenvalue weighted by atomic mass is 79.9. The van der Waals surface area contributed by atoms with Gasteiger partial charge in [0.25, 0.3) is 0 Å². The van der Waals surface area contributed by atoms with Crippen LogP contribution in [0.4, 0.5) is 51.2 Å². The van der Waals surface area contributed by atoms with Crippen molar-refractivity contribution in [2.75, 3.05) is 14.7 Å². The van der Waals surface area contributed by atoms with E-state index in [1.165, 1.54) is 111 Å². The fraction of sp³-hybridized carbons (Fsp3) is 0.0182. The number of anilines is 9. The Morgan fingerprint density at radius 2 is 0.345 bits per heavy atom. The molecule has 0 heterocycles. The quantitative estimate of drug-likeness (QED) is 0.107. The first-order valence-electron chi connectivity index (χ1n) is 39.3. The van der Waals surface area contributed by atoms with Gasteiger partial charge in [0.1, 0.15) is 0 Å². The summed E-state index contributed by atoms with van der Waals surface area (Å²) in [5, 5.41) is 0. The lowest BCUT2D eigenvalue weighted by Crippen LogP contribution is -2.28. The summed E-state index contributed by atoms with van der Waals surface area (Å²) in [6, 6.07) is 166. The van der Waals surface area contributed by atoms with Crippen LogP contribution in [0, 0.1) is 0 Å². The highest BCUT2D eigenvalue weighted by Crippen LogP contribution is 2.64. The van der Waals surface area contributed by atoms with Crippen LogP contribution < -0.4 is 14.7 Å². The number of benzene rings is 18. The molecule has 21 rings (SSSR count). The van der Waals surface area contributed by atoms with E-state index in [0.717, 1.165) is 64.6 Å². The van der Waals surface area contributed by atoms with E-state index in [0.29, 0.717) is 0 Å². The van der Waals surface area contributed by atoms with Gasteiger partial charge in [-0.1, -0.05) is 363 Å². The second-order valence-corrected chi connectivity index (χ2v) is 32.1. The highest BCUT2D eigenvalue weighted by Gasteiger charge is 2.52. The van der Waals surface area contributed by atoms with E-state index in [9.17, 15) is 0 Å². The van der Waals surface area contributed by atoms with Gasteiger partial charge < -0.3 is 14.7 Å². The molecule has 3 aliphatic carbocycles. The molecule has 0 saturated carbocycles. The van der Waals surface area contributed by atoms with Crippen molar-refractivity contribution >= 4 is 99.0 Å². The summed E-state index contributed by atoms with van der Waals surface area (Å²) in [5.41, 5.74) is 34.9. The second kappa shape index (κ2) is 32.0. The van der Waals surface area contributed by atoms with Crippen molar-refractivity contribution in [3.63, 3.8) is 0 Å². The van der Waals surface area contributed by atoms with Gasteiger partial charge in [0.15, 0.2) is 0 Å². The van der Waals surface area contributed by atoms with Crippen LogP contribution in [0.5, 0.6) is 0 Å². The monoisotopic (exact) mass is 1680 g/mol. The molecule has 116 heavy (non-hydrogen) atoms. The highest BCUT2D eigenvalue weighted by molar-refractivity contribution is 9.11. The predicted molar refractivity (Wildman–Crippen MR) is 496 cm³/mol. The Bertz CT molecular complexity index is 6110. The maximum Gasteiger partial charge on any atom is 0.0726 e. The van der Waals surface area contributed by atoms with Crippen molar-refractivity contribution in [2.45, 2.75) is 10.8 Å². The standard InChI is InChI=1S/C43H28BrN.C43H30BrN.C24H18BrN/c44-31-20-24-33(25-21-31)45(32-22-18-30(19-23-32)29-10-2-1-3-11-29)34-26-27-38-37-14-6-9-17-41(37)43(42(38)28-34)39-15-7-4-12-35(39)36-13-5-8-16-40(36)43;44-35-22-26-37(27-23-35)45(36-24-20-32(21-25-36)31-12-4-1-5-13-31)38-28-29-40-39-18-10-11-19-41(39)43(42(40)30-38,33-14-6-2-7-15-33)34-16-8-3-9-17-34;25-21-15-11-19(12-16-21)20-13-17-24(18-14-20)26(22-7-3-1-4-8-22)23-9-5-2-6-10-23/h1-28H;1-30H;1-18H. The van der Waals surface area contributed by atoms with E-state index in [4.69, 9.17) is 0 Å². The van der Waals surface area contributed by atoms with E-state index in [2.05, 4.69) is 511 Å². The molecule has 18 aromatic rings. The van der Waals surface area contributed by atoms with Gasteiger partial charge in [0.2, 0.25) is 0 Å². The third kappa shape index (κ3) is 13.5. The number of fused-ring (bicyclic) bond motifs is 13. The number of halogens is 3. The lowest BCUT2D eigenvalue weighted by atomic mass is 9.67. The number of rotatable bonds is 14. The molecule has 0 unspecified atom stereocenters. The molecule has 0 N–H and O–H groups in total. The van der Waals surface area contributed by atoms with E-state index in [1.54, 1.807) is 0 Å². The molecule has 0 aliphatic heterocycles. The van der Waals surface area contributed by atoms with Gasteiger partial charge in [-0.2, -0.15) is 0 Å². The zero-order chi connectivity index (χ0) is 77.9. The number of para-hydroxylation sites is 2. The van der Waals surface area contributed by atoms with Crippen molar-refractivity contribution < 1.29 is 0 Å². The van der Waals surface area contributed by atoms with E-state index in [-0.39, 0.29) is 5.41 Å². The van der Waals surface area contributed by atoms with Gasteiger partial charge >= 0.3 is 0 Å². The third-order valence-electron chi connectivity index (χ3n) is 22.9. The van der Waals surface area contributed by atoms with Crippen LogP contribution in [0.2, 0.25) is 0 Å². The molecule has 6 heteroatoms. The molecule has 0 saturated heterocycles. The van der Waals surface area contributed by atoms with E-state index >= 15 is 0 Å². The Kier molecular flexibility index (Phi) is 20.1. The number of nitrogens with zero attached hydrogens (tertiary/aromatic N) is 3. The minimum atomic E-state index is -0.451. The summed E-state index contributed by atoms with van der Waals surface area (Å²) in [7, 11) is 0. The molecular formula is C110H76Br3N3. The minimum Gasteiger partial charge on any atom is -0.311 e. The summed E-state index contributed by atoms with van der Waals surface area (Å²) in [4.78, 5) is 7.02. The van der Waals surface area contributed by atoms with Crippen LogP contribution in [0.3, 0.4) is 0 Å². The van der Waals surface area contributed by atoms with E-state index < -0.39 is 5.41 Å². The van der Waals surface area contributed by atoms with Crippen LogP contribution >= 0.6 is 47.8 Å². The fourth-order valence-corrected chi connectivity index (χ4v) is 18.6. The predicted octanol–water partition coefficient (Wildman–Crippen LogP) is 31.5. The van der Waals surface area contributed by atoms with Crippen LogP contribution in [-0.4, -0.2) is 0 Å². The Morgan fingerprint density at radius 1 is 0.147 bits per heavy atom. The van der Waals surface area contributed by atoms with Crippen LogP contribution in [0.1, 0.15) is 44.5 Å². The van der Waals surface area contributed by atoms with Gasteiger partial charge in [-0.15, -0.1) is 0 Å². The smallest absolute Gasteiger partial charge is 0.0726 e. The van der Waals surface area contributed by atoms with Crippen molar-refractivity contribution in [1.82, 2.24) is 0 Å². The zero-order valence-corrected chi connectivity index (χ0v) is 68.1. The van der Waals surface area contributed by atoms with Gasteiger partial charge in [-0.05, 0) is 257 Å². The molecule has 0 fully saturated rings. The Morgan fingerprint density at radius 3 is 0.664 bits per heavy atom. The van der Waals surface area contributed by atoms with Gasteiger partial charge in [-0.25, -0.2) is 0 Å². The Hall–Kier alpha value is -13.2. The third-order valence-corrected chi connectivity index (χ3v) is 24.5. The molecule has 18 aromatic carbocycles. The molecule has 1 spiro atoms. The lowest BCUT2D eigenvalue weighted by molar-refractivity contribution is 0.768. The number of hydrogen-bond donors (Lipinski definition) is 0. The zero-order valence-electron chi connectivity index (χ0n) is 63.4. The molecule has 0 radical (unpaired) electrons. The Labute approximate surface area is 704 Å². The van der Waals surface area contributed by atoms with Crippen LogP contribution in [-0.2, 0) is 10.8 Å². The van der Waals surface area contributed by atoms with E-state index in [1.807, 2.05) is 12.1 Å². The maximum absolute atomic E-state index is 3.65. The summed E-state index contributed by atoms with van der Waals surface area (Å²) < 4.78 is 3.22. The summed E-state index contributed by atoms with van der Waals surface area (Å²) in [5.74, 6) is 0. The van der Waals surface area contributed by atoms with Crippen molar-refractivity contribution in [1.29, 1.82) is 0 Å². The summed E-state index contributed by atoms with van der Waals surface area (Å²) >= 11 is 10.8. The fourth-order valence-electron chi connectivity index (χ4n) is 17.8. The molecule has 0 bridgehead atoms. The van der Waals surface area contributed by atoms with Gasteiger partial charge in [0, 0.05) is 64.6 Å². The molecule has 0 atom stereocenters. The van der Waals surface area contributed by atoms with Crippen molar-refractivity contribution in [3.8, 4) is 66.8 Å². The second-order valence-electron chi connectivity index (χ2n) is 29.4. The van der Waals surface area contributed by atoms with Crippen LogP contribution in [0.25, 0.3) is 66.8 Å². The molecular weight excluding hydrogens is 1600 g/mol. The molecule has 0 aromatic heterocycles. The van der Waals surface area contributed by atoms with Crippen molar-refractivity contribution in [2.24, 2.45) is 0 Å². The van der Waals surface area contributed by atoms with Gasteiger partial charge in [-0.3, -0.25) is 0 Å². The average molecular weight is 1680 g/mol. The molecule has 0 amide bonds. The largest absolute Gasteiger partial charge is 0.311 e. The molecule has 3 nitrogen and oxygen atoms in total. The minimum absolute atomic E-state index is 0.377.